The zero-order valence-corrected chi connectivity index (χ0v) is 16.5. The van der Waals surface area contributed by atoms with E-state index in [1.54, 1.807) is 0 Å². The highest BCUT2D eigenvalue weighted by Crippen LogP contribution is 2.28. The molecule has 1 aliphatic heterocycles. The van der Waals surface area contributed by atoms with Crippen molar-refractivity contribution in [2.75, 3.05) is 31.3 Å². The molecule has 0 spiro atoms. The maximum absolute atomic E-state index is 12.2. The van der Waals surface area contributed by atoms with Gasteiger partial charge in [-0.2, -0.15) is 5.10 Å². The molecule has 0 aromatic carbocycles. The second kappa shape index (κ2) is 7.32. The van der Waals surface area contributed by atoms with Crippen LogP contribution in [-0.4, -0.2) is 54.6 Å². The van der Waals surface area contributed by atoms with Crippen molar-refractivity contribution in [2.45, 2.75) is 37.1 Å². The normalized spacial score (nSPS) is 18.1. The average molecular weight is 379 g/mol. The van der Waals surface area contributed by atoms with Crippen molar-refractivity contribution in [2.24, 2.45) is 7.05 Å². The number of nitrogens with zero attached hydrogens (tertiary/aromatic N) is 5. The molecule has 1 atom stereocenters. The van der Waals surface area contributed by atoms with Crippen molar-refractivity contribution < 1.29 is 8.42 Å². The van der Waals surface area contributed by atoms with Crippen LogP contribution in [0.25, 0.3) is 0 Å². The molecule has 26 heavy (non-hydrogen) atoms. The first-order valence-electron chi connectivity index (χ1n) is 8.73. The van der Waals surface area contributed by atoms with Gasteiger partial charge in [-0.1, -0.05) is 0 Å². The van der Waals surface area contributed by atoms with Crippen LogP contribution in [0.1, 0.15) is 35.7 Å². The molecule has 2 aromatic rings. The summed E-state index contributed by atoms with van der Waals surface area (Å²) in [6.07, 6.45) is 6.44. The Balaban J connectivity index is 1.93. The highest BCUT2D eigenvalue weighted by Gasteiger charge is 2.26. The SMILES string of the molecule is Cc1c(CN(C)c2ncc(S(C)(=O)=O)c(C3CCCNC3)n2)cnn1C. The van der Waals surface area contributed by atoms with Gasteiger partial charge in [-0.3, -0.25) is 4.68 Å². The summed E-state index contributed by atoms with van der Waals surface area (Å²) in [6, 6.07) is 0. The summed E-state index contributed by atoms with van der Waals surface area (Å²) in [7, 11) is 0.443. The van der Waals surface area contributed by atoms with E-state index in [9.17, 15) is 8.42 Å². The van der Waals surface area contributed by atoms with E-state index in [0.29, 0.717) is 18.2 Å². The number of anilines is 1. The Hall–Kier alpha value is -2.00. The van der Waals surface area contributed by atoms with Crippen molar-refractivity contribution in [3.05, 3.63) is 29.3 Å². The van der Waals surface area contributed by atoms with Gasteiger partial charge in [-0.05, 0) is 26.3 Å². The Morgan fingerprint density at radius 1 is 1.38 bits per heavy atom. The lowest BCUT2D eigenvalue weighted by atomic mass is 9.96. The first-order chi connectivity index (χ1) is 12.3. The van der Waals surface area contributed by atoms with Crippen molar-refractivity contribution in [3.63, 3.8) is 0 Å². The molecule has 1 unspecified atom stereocenters. The van der Waals surface area contributed by atoms with Gasteiger partial charge in [0.15, 0.2) is 9.84 Å². The molecule has 3 heterocycles. The van der Waals surface area contributed by atoms with E-state index < -0.39 is 9.84 Å². The van der Waals surface area contributed by atoms with Crippen LogP contribution in [0.5, 0.6) is 0 Å². The molecule has 1 aliphatic rings. The Labute approximate surface area is 154 Å². The van der Waals surface area contributed by atoms with E-state index in [1.807, 2.05) is 36.8 Å². The average Bonchev–Trinajstić information content (AvgIpc) is 2.93. The summed E-state index contributed by atoms with van der Waals surface area (Å²) in [5.74, 6) is 0.616. The highest BCUT2D eigenvalue weighted by molar-refractivity contribution is 7.90. The first kappa shape index (κ1) is 18.8. The van der Waals surface area contributed by atoms with Crippen LogP contribution in [0.15, 0.2) is 17.3 Å². The van der Waals surface area contributed by atoms with Crippen LogP contribution in [0.2, 0.25) is 0 Å². The summed E-state index contributed by atoms with van der Waals surface area (Å²) in [4.78, 5) is 11.1. The molecular weight excluding hydrogens is 352 g/mol. The predicted octanol–water partition coefficient (Wildman–Crippen LogP) is 1.03. The van der Waals surface area contributed by atoms with Crippen LogP contribution < -0.4 is 10.2 Å². The fraction of sp³-hybridized carbons (Fsp3) is 0.588. The Morgan fingerprint density at radius 2 is 2.15 bits per heavy atom. The van der Waals surface area contributed by atoms with Crippen molar-refractivity contribution in [1.29, 1.82) is 0 Å². The van der Waals surface area contributed by atoms with Gasteiger partial charge in [-0.25, -0.2) is 18.4 Å². The molecule has 1 saturated heterocycles. The summed E-state index contributed by atoms with van der Waals surface area (Å²) in [5, 5.41) is 7.59. The number of sulfone groups is 1. The van der Waals surface area contributed by atoms with Crippen LogP contribution in [0, 0.1) is 6.92 Å². The van der Waals surface area contributed by atoms with Gasteiger partial charge in [0.05, 0.1) is 18.1 Å². The van der Waals surface area contributed by atoms with E-state index in [0.717, 1.165) is 37.2 Å². The Kier molecular flexibility index (Phi) is 5.29. The van der Waals surface area contributed by atoms with Crippen molar-refractivity contribution in [1.82, 2.24) is 25.1 Å². The van der Waals surface area contributed by atoms with E-state index in [1.165, 1.54) is 12.5 Å². The van der Waals surface area contributed by atoms with E-state index in [-0.39, 0.29) is 10.8 Å². The lowest BCUT2D eigenvalue weighted by Crippen LogP contribution is -2.30. The molecule has 0 saturated carbocycles. The highest BCUT2D eigenvalue weighted by atomic mass is 32.2. The van der Waals surface area contributed by atoms with Crippen LogP contribution in [0.4, 0.5) is 5.95 Å². The van der Waals surface area contributed by atoms with Gasteiger partial charge in [-0.15, -0.1) is 0 Å². The summed E-state index contributed by atoms with van der Waals surface area (Å²) < 4.78 is 26.2. The zero-order valence-electron chi connectivity index (χ0n) is 15.7. The number of hydrogen-bond acceptors (Lipinski definition) is 7. The first-order valence-corrected chi connectivity index (χ1v) is 10.6. The van der Waals surface area contributed by atoms with E-state index in [2.05, 4.69) is 20.4 Å². The van der Waals surface area contributed by atoms with Gasteiger partial charge in [0.1, 0.15) is 4.90 Å². The molecule has 2 aromatic heterocycles. The third kappa shape index (κ3) is 3.88. The Morgan fingerprint density at radius 3 is 2.73 bits per heavy atom. The molecule has 9 heteroatoms. The fourth-order valence-corrected chi connectivity index (χ4v) is 4.08. The molecule has 142 valence electrons. The maximum atomic E-state index is 12.2. The van der Waals surface area contributed by atoms with Crippen LogP contribution in [0.3, 0.4) is 0 Å². The third-order valence-corrected chi connectivity index (χ3v) is 6.05. The third-order valence-electron chi connectivity index (χ3n) is 4.94. The minimum absolute atomic E-state index is 0.0868. The van der Waals surface area contributed by atoms with Gasteiger partial charge in [0, 0.05) is 50.6 Å². The summed E-state index contributed by atoms with van der Waals surface area (Å²) in [6.45, 7) is 4.33. The van der Waals surface area contributed by atoms with Gasteiger partial charge in [0.2, 0.25) is 5.95 Å². The number of piperidine rings is 1. The van der Waals surface area contributed by atoms with Crippen LogP contribution in [-0.2, 0) is 23.4 Å². The molecule has 0 amide bonds. The van der Waals surface area contributed by atoms with Gasteiger partial charge < -0.3 is 10.2 Å². The number of rotatable bonds is 5. The lowest BCUT2D eigenvalue weighted by molar-refractivity contribution is 0.447. The van der Waals surface area contributed by atoms with Crippen molar-refractivity contribution in [3.8, 4) is 0 Å². The standard InChI is InChI=1S/C17H26N6O2S/c1-12-14(9-20-23(12)3)11-22(2)17-19-10-15(26(4,24)25)16(21-17)13-6-5-7-18-8-13/h9-10,13,18H,5-8,11H2,1-4H3. The van der Waals surface area contributed by atoms with Crippen LogP contribution >= 0.6 is 0 Å². The molecule has 8 nitrogen and oxygen atoms in total. The summed E-state index contributed by atoms with van der Waals surface area (Å²) in [5.41, 5.74) is 2.80. The quantitative estimate of drug-likeness (QED) is 0.830. The predicted molar refractivity (Wildman–Crippen MR) is 100 cm³/mol. The van der Waals surface area contributed by atoms with E-state index in [4.69, 9.17) is 0 Å². The molecule has 1 N–H and O–H groups in total. The second-order valence-electron chi connectivity index (χ2n) is 6.97. The van der Waals surface area contributed by atoms with Crippen molar-refractivity contribution >= 4 is 15.8 Å². The Bertz CT molecular complexity index is 887. The topological polar surface area (TPSA) is 93.0 Å². The molecule has 0 aliphatic carbocycles. The van der Waals surface area contributed by atoms with E-state index >= 15 is 0 Å². The largest absolute Gasteiger partial charge is 0.339 e. The molecule has 3 rings (SSSR count). The molecule has 0 radical (unpaired) electrons. The minimum atomic E-state index is -3.37. The fourth-order valence-electron chi connectivity index (χ4n) is 3.25. The number of nitrogens with one attached hydrogen (secondary N) is 1. The summed E-state index contributed by atoms with van der Waals surface area (Å²) >= 11 is 0. The molecule has 0 bridgehead atoms. The van der Waals surface area contributed by atoms with Gasteiger partial charge in [0.25, 0.3) is 0 Å². The molecule has 1 fully saturated rings. The second-order valence-corrected chi connectivity index (χ2v) is 8.95. The maximum Gasteiger partial charge on any atom is 0.225 e. The number of aromatic nitrogens is 4. The smallest absolute Gasteiger partial charge is 0.225 e. The number of hydrogen-bond donors (Lipinski definition) is 1. The molecular formula is C17H26N6O2S. The number of aryl methyl sites for hydroxylation is 1. The zero-order chi connectivity index (χ0) is 18.9. The van der Waals surface area contributed by atoms with Gasteiger partial charge >= 0.3 is 0 Å². The monoisotopic (exact) mass is 378 g/mol. The minimum Gasteiger partial charge on any atom is -0.339 e. The lowest BCUT2D eigenvalue weighted by Gasteiger charge is -2.25.